The summed E-state index contributed by atoms with van der Waals surface area (Å²) in [7, 11) is 0. The number of hydrogen-bond donors (Lipinski definition) is 1. The molecule has 1 atom stereocenters. The number of thiophene rings is 1. The van der Waals surface area contributed by atoms with E-state index in [9.17, 15) is 19.3 Å². The van der Waals surface area contributed by atoms with Crippen LogP contribution in [0.5, 0.6) is 0 Å². The minimum atomic E-state index is -0.956. The van der Waals surface area contributed by atoms with Crippen LogP contribution < -0.4 is 5.32 Å². The fourth-order valence-corrected chi connectivity index (χ4v) is 4.07. The van der Waals surface area contributed by atoms with E-state index in [1.165, 1.54) is 17.8 Å². The molecule has 3 rings (SSSR count). The summed E-state index contributed by atoms with van der Waals surface area (Å²) in [5.41, 5.74) is -0.536. The number of nitrogens with zero attached hydrogens (tertiary/aromatic N) is 4. The van der Waals surface area contributed by atoms with Gasteiger partial charge in [0.05, 0.1) is 15.1 Å². The van der Waals surface area contributed by atoms with Gasteiger partial charge in [-0.15, -0.1) is 21.5 Å². The smallest absolute Gasteiger partial charge is 0.306 e. The number of benzene rings is 1. The van der Waals surface area contributed by atoms with Gasteiger partial charge in [-0.1, -0.05) is 17.8 Å². The molecule has 0 saturated heterocycles. The minimum Gasteiger partial charge on any atom is -0.325 e. The number of anilines is 1. The largest absolute Gasteiger partial charge is 0.325 e. The topological polar surface area (TPSA) is 103 Å². The minimum absolute atomic E-state index is 0.154. The van der Waals surface area contributed by atoms with Gasteiger partial charge in [-0.05, 0) is 37.4 Å². The lowest BCUT2D eigenvalue weighted by Gasteiger charge is -2.12. The first-order valence-corrected chi connectivity index (χ1v) is 10.0. The molecule has 28 heavy (non-hydrogen) atoms. The van der Waals surface area contributed by atoms with Gasteiger partial charge >= 0.3 is 5.69 Å². The predicted molar refractivity (Wildman–Crippen MR) is 106 cm³/mol. The average molecular weight is 421 g/mol. The van der Waals surface area contributed by atoms with Crippen molar-refractivity contribution in [1.82, 2.24) is 14.8 Å². The third-order valence-corrected chi connectivity index (χ3v) is 5.78. The molecule has 1 aromatic carbocycles. The van der Waals surface area contributed by atoms with E-state index < -0.39 is 21.7 Å². The van der Waals surface area contributed by atoms with Crippen molar-refractivity contribution in [3.63, 3.8) is 0 Å². The molecule has 0 saturated carbocycles. The van der Waals surface area contributed by atoms with Gasteiger partial charge in [0.15, 0.2) is 11.0 Å². The van der Waals surface area contributed by atoms with Crippen molar-refractivity contribution < 1.29 is 14.1 Å². The lowest BCUT2D eigenvalue weighted by Crippen LogP contribution is -2.23. The van der Waals surface area contributed by atoms with Crippen LogP contribution in [-0.2, 0) is 11.3 Å². The molecule has 0 aliphatic heterocycles. The van der Waals surface area contributed by atoms with Crippen molar-refractivity contribution in [2.24, 2.45) is 0 Å². The summed E-state index contributed by atoms with van der Waals surface area (Å²) in [5, 5.41) is 23.8. The van der Waals surface area contributed by atoms with Crippen LogP contribution in [0.3, 0.4) is 0 Å². The van der Waals surface area contributed by atoms with Crippen LogP contribution in [0.15, 0.2) is 40.9 Å². The Morgan fingerprint density at radius 3 is 2.86 bits per heavy atom. The molecule has 1 amide bonds. The molecule has 0 fully saturated rings. The molecule has 2 aromatic heterocycles. The number of aromatic nitrogens is 3. The summed E-state index contributed by atoms with van der Waals surface area (Å²) in [5.74, 6) is -0.599. The monoisotopic (exact) mass is 421 g/mol. The second kappa shape index (κ2) is 8.48. The van der Waals surface area contributed by atoms with Gasteiger partial charge in [-0.25, -0.2) is 0 Å². The summed E-state index contributed by atoms with van der Waals surface area (Å²) in [6.07, 6.45) is 0. The Hall–Kier alpha value is -2.79. The number of carbonyl (C=O) groups excluding carboxylic acids is 1. The number of nitro benzene ring substituents is 1. The number of hydrogen-bond acceptors (Lipinski definition) is 7. The van der Waals surface area contributed by atoms with Crippen LogP contribution in [0.2, 0.25) is 0 Å². The van der Waals surface area contributed by atoms with E-state index in [2.05, 4.69) is 15.5 Å². The summed E-state index contributed by atoms with van der Waals surface area (Å²) < 4.78 is 15.4. The molecule has 146 valence electrons. The third-order valence-electron chi connectivity index (χ3n) is 3.84. The third kappa shape index (κ3) is 4.20. The lowest BCUT2D eigenvalue weighted by atomic mass is 10.2. The number of halogens is 1. The van der Waals surface area contributed by atoms with Crippen molar-refractivity contribution in [2.45, 2.75) is 30.8 Å². The highest BCUT2D eigenvalue weighted by Gasteiger charge is 2.22. The van der Waals surface area contributed by atoms with E-state index in [0.29, 0.717) is 11.7 Å². The Bertz CT molecular complexity index is 1010. The zero-order valence-electron chi connectivity index (χ0n) is 15.0. The lowest BCUT2D eigenvalue weighted by molar-refractivity contribution is -0.387. The van der Waals surface area contributed by atoms with Crippen molar-refractivity contribution in [3.8, 4) is 10.7 Å². The van der Waals surface area contributed by atoms with Gasteiger partial charge in [0.1, 0.15) is 0 Å². The normalized spacial score (nSPS) is 12.0. The van der Waals surface area contributed by atoms with Crippen LogP contribution in [0.25, 0.3) is 10.7 Å². The van der Waals surface area contributed by atoms with Gasteiger partial charge < -0.3 is 9.88 Å². The standard InChI is InChI=1S/C17H16FN5O3S2/c1-3-22-15(14-5-4-8-27-14)20-21-17(22)28-10(2)16(24)19-11-6-7-12(18)13(9-11)23(25)26/h4-10H,3H2,1-2H3,(H,19,24). The first-order valence-electron chi connectivity index (χ1n) is 8.29. The maximum Gasteiger partial charge on any atom is 0.306 e. The first kappa shape index (κ1) is 20.0. The molecule has 0 aliphatic carbocycles. The van der Waals surface area contributed by atoms with E-state index in [4.69, 9.17) is 0 Å². The van der Waals surface area contributed by atoms with Gasteiger partial charge in [0.2, 0.25) is 11.7 Å². The number of amides is 1. The molecule has 0 radical (unpaired) electrons. The van der Waals surface area contributed by atoms with Crippen LogP contribution in [0.4, 0.5) is 15.8 Å². The van der Waals surface area contributed by atoms with Gasteiger partial charge in [-0.2, -0.15) is 4.39 Å². The van der Waals surface area contributed by atoms with E-state index in [1.54, 1.807) is 18.3 Å². The molecule has 0 bridgehead atoms. The Morgan fingerprint density at radius 2 is 2.21 bits per heavy atom. The molecule has 3 aromatic rings. The van der Waals surface area contributed by atoms with Crippen molar-refractivity contribution in [3.05, 3.63) is 51.6 Å². The van der Waals surface area contributed by atoms with Gasteiger partial charge in [-0.3, -0.25) is 14.9 Å². The summed E-state index contributed by atoms with van der Waals surface area (Å²) in [6, 6.07) is 7.11. The quantitative estimate of drug-likeness (QED) is 0.348. The fourth-order valence-electron chi connectivity index (χ4n) is 2.43. The van der Waals surface area contributed by atoms with Crippen molar-refractivity contribution in [1.29, 1.82) is 0 Å². The maximum atomic E-state index is 13.4. The van der Waals surface area contributed by atoms with Crippen LogP contribution in [0.1, 0.15) is 13.8 Å². The summed E-state index contributed by atoms with van der Waals surface area (Å²) in [4.78, 5) is 23.5. The Balaban J connectivity index is 1.73. The van der Waals surface area contributed by atoms with Gasteiger partial charge in [0, 0.05) is 18.3 Å². The highest BCUT2D eigenvalue weighted by atomic mass is 32.2. The summed E-state index contributed by atoms with van der Waals surface area (Å²) in [6.45, 7) is 4.30. The average Bonchev–Trinajstić information content (AvgIpc) is 3.32. The first-order chi connectivity index (χ1) is 13.4. The molecule has 11 heteroatoms. The van der Waals surface area contributed by atoms with Crippen molar-refractivity contribution >= 4 is 40.4 Å². The number of nitro groups is 1. The fraction of sp³-hybridized carbons (Fsp3) is 0.235. The van der Waals surface area contributed by atoms with Crippen molar-refractivity contribution in [2.75, 3.05) is 5.32 Å². The Kier molecular flexibility index (Phi) is 6.05. The second-order valence-corrected chi connectivity index (χ2v) is 7.96. The number of rotatable bonds is 7. The highest BCUT2D eigenvalue weighted by Crippen LogP contribution is 2.30. The molecular weight excluding hydrogens is 405 g/mol. The van der Waals surface area contributed by atoms with E-state index in [1.807, 2.05) is 29.0 Å². The Morgan fingerprint density at radius 1 is 1.43 bits per heavy atom. The van der Waals surface area contributed by atoms with E-state index in [0.717, 1.165) is 22.8 Å². The number of nitrogens with one attached hydrogen (secondary N) is 1. The molecule has 0 aliphatic rings. The van der Waals surface area contributed by atoms with Crippen LogP contribution in [0, 0.1) is 15.9 Å². The van der Waals surface area contributed by atoms with E-state index >= 15 is 0 Å². The molecule has 8 nitrogen and oxygen atoms in total. The number of thioether (sulfide) groups is 1. The van der Waals surface area contributed by atoms with Crippen LogP contribution in [-0.4, -0.2) is 30.8 Å². The van der Waals surface area contributed by atoms with E-state index in [-0.39, 0.29) is 11.6 Å². The Labute approximate surface area is 167 Å². The second-order valence-electron chi connectivity index (χ2n) is 5.70. The molecule has 2 heterocycles. The summed E-state index contributed by atoms with van der Waals surface area (Å²) >= 11 is 2.78. The SMILES string of the molecule is CCn1c(SC(C)C(=O)Nc2ccc(F)c([N+](=O)[O-])c2)nnc1-c1cccs1. The predicted octanol–water partition coefficient (Wildman–Crippen LogP) is 4.19. The molecule has 0 spiro atoms. The molecule has 1 unspecified atom stereocenters. The zero-order valence-corrected chi connectivity index (χ0v) is 16.6. The van der Waals surface area contributed by atoms with Crippen LogP contribution >= 0.6 is 23.1 Å². The highest BCUT2D eigenvalue weighted by molar-refractivity contribution is 8.00. The molecular formula is C17H16FN5O3S2. The zero-order chi connectivity index (χ0) is 20.3. The number of carbonyl (C=O) groups is 1. The van der Waals surface area contributed by atoms with Gasteiger partial charge in [0.25, 0.3) is 0 Å². The maximum absolute atomic E-state index is 13.4. The molecule has 1 N–H and O–H groups in total.